The zero-order chi connectivity index (χ0) is 25.1. The number of carbonyl (C=O) groups excluding carboxylic acids is 1. The van der Waals surface area contributed by atoms with Crippen LogP contribution in [0.3, 0.4) is 0 Å². The molecule has 0 N–H and O–H groups in total. The van der Waals surface area contributed by atoms with Gasteiger partial charge in [-0.2, -0.15) is 4.31 Å². The number of hydrogen-bond donors (Lipinski definition) is 0. The number of aromatic nitrogens is 1. The number of pyridine rings is 1. The quantitative estimate of drug-likeness (QED) is 0.441. The van der Waals surface area contributed by atoms with Crippen molar-refractivity contribution in [2.45, 2.75) is 17.7 Å². The molecule has 0 unspecified atom stereocenters. The summed E-state index contributed by atoms with van der Waals surface area (Å²) in [5.41, 5.74) is 2.79. The number of anilines is 1. The maximum Gasteiger partial charge on any atom is 0.243 e. The Morgan fingerprint density at radius 3 is 2.24 bits per heavy atom. The number of hydrogen-bond acceptors (Lipinski definition) is 5. The van der Waals surface area contributed by atoms with E-state index in [1.54, 1.807) is 42.7 Å². The molecule has 37 heavy (non-hydrogen) atoms. The molecule has 2 fully saturated rings. The lowest BCUT2D eigenvalue weighted by molar-refractivity contribution is -0.134. The normalized spacial score (nSPS) is 17.5. The number of benzene rings is 2. The van der Waals surface area contributed by atoms with E-state index in [4.69, 9.17) is 11.6 Å². The van der Waals surface area contributed by atoms with E-state index in [2.05, 4.69) is 9.88 Å². The van der Waals surface area contributed by atoms with Gasteiger partial charge in [-0.05, 0) is 66.3 Å². The van der Waals surface area contributed by atoms with Crippen molar-refractivity contribution in [3.8, 4) is 11.1 Å². The van der Waals surface area contributed by atoms with Crippen LogP contribution < -0.4 is 4.90 Å². The Kier molecular flexibility index (Phi) is 8.75. The van der Waals surface area contributed by atoms with Gasteiger partial charge < -0.3 is 9.80 Å². The van der Waals surface area contributed by atoms with Crippen molar-refractivity contribution in [1.29, 1.82) is 0 Å². The van der Waals surface area contributed by atoms with Crippen molar-refractivity contribution in [2.24, 2.45) is 5.92 Å². The second-order valence-electron chi connectivity index (χ2n) is 9.35. The van der Waals surface area contributed by atoms with E-state index in [-0.39, 0.29) is 29.8 Å². The van der Waals surface area contributed by atoms with Crippen LogP contribution >= 0.6 is 24.0 Å². The Hall–Kier alpha value is -2.65. The summed E-state index contributed by atoms with van der Waals surface area (Å²) < 4.78 is 28.0. The largest absolute Gasteiger partial charge is 0.371 e. The van der Waals surface area contributed by atoms with Crippen LogP contribution in [0.1, 0.15) is 12.8 Å². The summed E-state index contributed by atoms with van der Waals surface area (Å²) in [4.78, 5) is 21.4. The molecule has 0 saturated carbocycles. The molecule has 2 aliphatic heterocycles. The zero-order valence-corrected chi connectivity index (χ0v) is 22.8. The Morgan fingerprint density at radius 2 is 1.57 bits per heavy atom. The highest BCUT2D eigenvalue weighted by atomic mass is 35.5. The average Bonchev–Trinajstić information content (AvgIpc) is 2.91. The molecule has 1 aromatic heterocycles. The standard InChI is InChI=1S/C27H29ClN4O3S.ClH/c28-24-5-1-3-22(17-24)23-4-2-6-26(18-23)36(34,35)32-16-15-31(27(33)20-32)19-21-9-13-30(14-10-21)25-7-11-29-12-8-25;/h1-8,11-12,17-18,21H,9-10,13-16,19-20H2;1H. The van der Waals surface area contributed by atoms with Gasteiger partial charge in [-0.25, -0.2) is 8.42 Å². The van der Waals surface area contributed by atoms with Gasteiger partial charge in [0.2, 0.25) is 15.9 Å². The fraction of sp³-hybridized carbons (Fsp3) is 0.333. The molecule has 5 rings (SSSR count). The minimum Gasteiger partial charge on any atom is -0.371 e. The predicted molar refractivity (Wildman–Crippen MR) is 149 cm³/mol. The van der Waals surface area contributed by atoms with Crippen LogP contribution in [0, 0.1) is 5.92 Å². The van der Waals surface area contributed by atoms with Crippen molar-refractivity contribution < 1.29 is 13.2 Å². The topological polar surface area (TPSA) is 73.8 Å². The molecule has 3 aromatic rings. The van der Waals surface area contributed by atoms with Gasteiger partial charge in [-0.1, -0.05) is 35.9 Å². The summed E-state index contributed by atoms with van der Waals surface area (Å²) in [7, 11) is -3.79. The lowest BCUT2D eigenvalue weighted by Gasteiger charge is -2.38. The molecule has 2 saturated heterocycles. The van der Waals surface area contributed by atoms with E-state index < -0.39 is 10.0 Å². The van der Waals surface area contributed by atoms with Gasteiger partial charge in [-0.15, -0.1) is 12.4 Å². The fourth-order valence-electron chi connectivity index (χ4n) is 4.98. The number of halogens is 2. The molecule has 1 amide bonds. The van der Waals surface area contributed by atoms with Crippen molar-refractivity contribution in [1.82, 2.24) is 14.2 Å². The van der Waals surface area contributed by atoms with Crippen LogP contribution in [0.15, 0.2) is 78.0 Å². The number of amides is 1. The monoisotopic (exact) mass is 560 g/mol. The van der Waals surface area contributed by atoms with Crippen LogP contribution in [-0.2, 0) is 14.8 Å². The minimum atomic E-state index is -3.79. The summed E-state index contributed by atoms with van der Waals surface area (Å²) in [6, 6.07) is 18.2. The van der Waals surface area contributed by atoms with E-state index in [0.29, 0.717) is 30.6 Å². The summed E-state index contributed by atoms with van der Waals surface area (Å²) in [6.45, 7) is 3.16. The van der Waals surface area contributed by atoms with E-state index in [9.17, 15) is 13.2 Å². The second kappa shape index (κ2) is 11.8. The summed E-state index contributed by atoms with van der Waals surface area (Å²) in [6.07, 6.45) is 5.62. The van der Waals surface area contributed by atoms with Gasteiger partial charge in [0.15, 0.2) is 0 Å². The first kappa shape index (κ1) is 27.4. The number of piperidine rings is 1. The summed E-state index contributed by atoms with van der Waals surface area (Å²) >= 11 is 6.11. The SMILES string of the molecule is Cl.O=C1CN(S(=O)(=O)c2cccc(-c3cccc(Cl)c3)c2)CCN1CC1CCN(c2ccncc2)CC1. The summed E-state index contributed by atoms with van der Waals surface area (Å²) in [5, 5.41) is 0.588. The first-order chi connectivity index (χ1) is 17.4. The minimum absolute atomic E-state index is 0. The van der Waals surface area contributed by atoms with Crippen LogP contribution in [0.25, 0.3) is 11.1 Å². The molecule has 0 spiro atoms. The molecule has 0 bridgehead atoms. The Bertz CT molecular complexity index is 1330. The number of nitrogens with zero attached hydrogens (tertiary/aromatic N) is 4. The van der Waals surface area contributed by atoms with Gasteiger partial charge >= 0.3 is 0 Å². The first-order valence-corrected chi connectivity index (χ1v) is 14.0. The van der Waals surface area contributed by atoms with Gasteiger partial charge in [0, 0.05) is 55.8 Å². The number of sulfonamides is 1. The van der Waals surface area contributed by atoms with E-state index in [1.807, 2.05) is 35.2 Å². The Balaban J connectivity index is 0.00000320. The Morgan fingerprint density at radius 1 is 0.892 bits per heavy atom. The van der Waals surface area contributed by atoms with E-state index in [1.165, 1.54) is 9.99 Å². The third-order valence-electron chi connectivity index (χ3n) is 7.03. The summed E-state index contributed by atoms with van der Waals surface area (Å²) in [5.74, 6) is 0.289. The third kappa shape index (κ3) is 6.26. The molecule has 0 aliphatic carbocycles. The Labute approximate surface area is 229 Å². The fourth-order valence-corrected chi connectivity index (χ4v) is 6.60. The van der Waals surface area contributed by atoms with Gasteiger partial charge in [0.05, 0.1) is 11.4 Å². The molecule has 196 valence electrons. The lowest BCUT2D eigenvalue weighted by atomic mass is 9.95. The molecule has 3 heterocycles. The second-order valence-corrected chi connectivity index (χ2v) is 11.7. The maximum absolute atomic E-state index is 13.4. The lowest BCUT2D eigenvalue weighted by Crippen LogP contribution is -2.53. The van der Waals surface area contributed by atoms with Crippen molar-refractivity contribution in [3.05, 3.63) is 78.1 Å². The predicted octanol–water partition coefficient (Wildman–Crippen LogP) is 4.57. The van der Waals surface area contributed by atoms with Crippen LogP contribution in [0.5, 0.6) is 0 Å². The highest BCUT2D eigenvalue weighted by Crippen LogP contribution is 2.28. The smallest absolute Gasteiger partial charge is 0.243 e. The average molecular weight is 562 g/mol. The molecule has 10 heteroatoms. The molecular weight excluding hydrogens is 531 g/mol. The molecule has 2 aliphatic rings. The van der Waals surface area contributed by atoms with Crippen molar-refractivity contribution >= 4 is 45.6 Å². The molecule has 0 atom stereocenters. The highest BCUT2D eigenvalue weighted by Gasteiger charge is 2.34. The molecule has 2 aromatic carbocycles. The molecular formula is C27H30Cl2N4O3S. The zero-order valence-electron chi connectivity index (χ0n) is 20.4. The van der Waals surface area contributed by atoms with E-state index in [0.717, 1.165) is 37.1 Å². The maximum atomic E-state index is 13.4. The van der Waals surface area contributed by atoms with Gasteiger partial charge in [0.1, 0.15) is 0 Å². The molecule has 7 nitrogen and oxygen atoms in total. The van der Waals surface area contributed by atoms with Crippen LogP contribution in [-0.4, -0.2) is 67.8 Å². The number of rotatable bonds is 6. The van der Waals surface area contributed by atoms with Gasteiger partial charge in [-0.3, -0.25) is 9.78 Å². The highest BCUT2D eigenvalue weighted by molar-refractivity contribution is 7.89. The molecule has 0 radical (unpaired) electrons. The van der Waals surface area contributed by atoms with Crippen LogP contribution in [0.4, 0.5) is 5.69 Å². The van der Waals surface area contributed by atoms with Gasteiger partial charge in [0.25, 0.3) is 0 Å². The first-order valence-electron chi connectivity index (χ1n) is 12.2. The van der Waals surface area contributed by atoms with E-state index >= 15 is 0 Å². The third-order valence-corrected chi connectivity index (χ3v) is 9.11. The number of piperazine rings is 1. The number of carbonyl (C=O) groups is 1. The van der Waals surface area contributed by atoms with Crippen LogP contribution in [0.2, 0.25) is 5.02 Å². The van der Waals surface area contributed by atoms with Crippen molar-refractivity contribution in [2.75, 3.05) is 44.2 Å². The van der Waals surface area contributed by atoms with Crippen molar-refractivity contribution in [3.63, 3.8) is 0 Å².